The second kappa shape index (κ2) is 4.87. The average molecular weight is 298 g/mol. The predicted molar refractivity (Wildman–Crippen MR) is 66.0 cm³/mol. The number of methoxy groups -OCH3 is 1. The van der Waals surface area contributed by atoms with Crippen molar-refractivity contribution in [3.63, 3.8) is 0 Å². The zero-order valence-corrected chi connectivity index (χ0v) is 11.0. The van der Waals surface area contributed by atoms with Gasteiger partial charge in [0.1, 0.15) is 5.75 Å². The number of carbonyl (C=O) groups is 2. The van der Waals surface area contributed by atoms with E-state index < -0.39 is 0 Å². The maximum absolute atomic E-state index is 12.2. The number of nitrogens with zero attached hydrogens (tertiary/aromatic N) is 1. The fourth-order valence-corrected chi connectivity index (χ4v) is 2.22. The molecule has 0 spiro atoms. The Labute approximate surface area is 108 Å². The van der Waals surface area contributed by atoms with Crippen LogP contribution in [-0.4, -0.2) is 30.4 Å². The Kier molecular flexibility index (Phi) is 3.47. The normalized spacial score (nSPS) is 15.2. The molecular formula is C12H12BrNO3. The van der Waals surface area contributed by atoms with Crippen molar-refractivity contribution in [2.24, 2.45) is 0 Å². The first-order valence-corrected chi connectivity index (χ1v) is 6.11. The van der Waals surface area contributed by atoms with Crippen LogP contribution in [0.5, 0.6) is 5.75 Å². The van der Waals surface area contributed by atoms with E-state index in [9.17, 15) is 9.59 Å². The molecule has 0 saturated carbocycles. The molecule has 1 aliphatic rings. The second-order valence-corrected chi connectivity index (χ2v) is 4.65. The van der Waals surface area contributed by atoms with Gasteiger partial charge in [0.2, 0.25) is 5.91 Å². The van der Waals surface area contributed by atoms with Crippen LogP contribution in [0.4, 0.5) is 0 Å². The van der Waals surface area contributed by atoms with Crippen LogP contribution in [0, 0.1) is 0 Å². The van der Waals surface area contributed by atoms with Crippen LogP contribution in [-0.2, 0) is 4.79 Å². The lowest BCUT2D eigenvalue weighted by molar-refractivity contribution is -0.125. The first-order valence-electron chi connectivity index (χ1n) is 5.31. The number of amides is 2. The lowest BCUT2D eigenvalue weighted by Gasteiger charge is -2.15. The van der Waals surface area contributed by atoms with Crippen LogP contribution in [0.25, 0.3) is 0 Å². The zero-order valence-electron chi connectivity index (χ0n) is 9.40. The summed E-state index contributed by atoms with van der Waals surface area (Å²) in [4.78, 5) is 25.0. The van der Waals surface area contributed by atoms with Gasteiger partial charge in [-0.1, -0.05) is 0 Å². The minimum absolute atomic E-state index is 0.107. The van der Waals surface area contributed by atoms with Crippen molar-refractivity contribution in [2.75, 3.05) is 13.7 Å². The van der Waals surface area contributed by atoms with Crippen molar-refractivity contribution in [1.82, 2.24) is 4.90 Å². The molecule has 90 valence electrons. The van der Waals surface area contributed by atoms with E-state index in [1.165, 1.54) is 4.90 Å². The third-order valence-electron chi connectivity index (χ3n) is 2.72. The number of hydrogen-bond acceptors (Lipinski definition) is 3. The van der Waals surface area contributed by atoms with Crippen LogP contribution in [0.1, 0.15) is 23.2 Å². The van der Waals surface area contributed by atoms with E-state index in [2.05, 4.69) is 15.9 Å². The fourth-order valence-electron chi connectivity index (χ4n) is 1.80. The summed E-state index contributed by atoms with van der Waals surface area (Å²) in [6, 6.07) is 5.14. The summed E-state index contributed by atoms with van der Waals surface area (Å²) in [7, 11) is 1.54. The van der Waals surface area contributed by atoms with Gasteiger partial charge in [0.05, 0.1) is 12.7 Å². The summed E-state index contributed by atoms with van der Waals surface area (Å²) in [6.07, 6.45) is 1.19. The van der Waals surface area contributed by atoms with Gasteiger partial charge in [0.15, 0.2) is 0 Å². The topological polar surface area (TPSA) is 46.6 Å². The molecule has 0 radical (unpaired) electrons. The number of halogens is 1. The van der Waals surface area contributed by atoms with Crippen LogP contribution < -0.4 is 4.74 Å². The summed E-state index contributed by atoms with van der Waals surface area (Å²) in [5, 5.41) is 0. The SMILES string of the molecule is COc1ccc(Br)c(C(=O)N2CCCC2=O)c1. The number of carbonyl (C=O) groups excluding carboxylic acids is 2. The van der Waals surface area contributed by atoms with Gasteiger partial charge >= 0.3 is 0 Å². The molecule has 4 nitrogen and oxygen atoms in total. The molecule has 1 aliphatic heterocycles. The lowest BCUT2D eigenvalue weighted by atomic mass is 10.2. The van der Waals surface area contributed by atoms with E-state index in [0.717, 1.165) is 6.42 Å². The van der Waals surface area contributed by atoms with Crippen molar-refractivity contribution in [3.05, 3.63) is 28.2 Å². The van der Waals surface area contributed by atoms with E-state index in [4.69, 9.17) is 4.74 Å². The number of rotatable bonds is 2. The standard InChI is InChI=1S/C12H12BrNO3/c1-17-8-4-5-10(13)9(7-8)12(16)14-6-2-3-11(14)15/h4-5,7H,2-3,6H2,1H3. The Hall–Kier alpha value is -1.36. The minimum atomic E-state index is -0.265. The maximum atomic E-state index is 12.2. The van der Waals surface area contributed by atoms with E-state index in [1.807, 2.05) is 0 Å². The summed E-state index contributed by atoms with van der Waals surface area (Å²) in [5.74, 6) is 0.228. The van der Waals surface area contributed by atoms with E-state index in [1.54, 1.807) is 25.3 Å². The predicted octanol–water partition coefficient (Wildman–Crippen LogP) is 2.22. The molecule has 1 aromatic carbocycles. The first kappa shape index (κ1) is 12.1. The summed E-state index contributed by atoms with van der Waals surface area (Å²) < 4.78 is 5.74. The minimum Gasteiger partial charge on any atom is -0.497 e. The third-order valence-corrected chi connectivity index (χ3v) is 3.41. The Morgan fingerprint density at radius 3 is 2.82 bits per heavy atom. The van der Waals surface area contributed by atoms with Crippen molar-refractivity contribution >= 4 is 27.7 Å². The quantitative estimate of drug-likeness (QED) is 0.787. The van der Waals surface area contributed by atoms with Gasteiger partial charge in [0, 0.05) is 17.4 Å². The molecule has 2 rings (SSSR count). The zero-order chi connectivity index (χ0) is 12.4. The van der Waals surface area contributed by atoms with Crippen LogP contribution in [0.15, 0.2) is 22.7 Å². The van der Waals surface area contributed by atoms with Gasteiger partial charge in [-0.2, -0.15) is 0 Å². The van der Waals surface area contributed by atoms with Gasteiger partial charge in [-0.15, -0.1) is 0 Å². The smallest absolute Gasteiger partial charge is 0.261 e. The first-order chi connectivity index (χ1) is 8.13. The Balaban J connectivity index is 2.32. The van der Waals surface area contributed by atoms with Crippen molar-refractivity contribution in [1.29, 1.82) is 0 Å². The Morgan fingerprint density at radius 2 is 2.24 bits per heavy atom. The van der Waals surface area contributed by atoms with Crippen LogP contribution in [0.3, 0.4) is 0 Å². The fraction of sp³-hybridized carbons (Fsp3) is 0.333. The molecule has 2 amide bonds. The number of ether oxygens (including phenoxy) is 1. The molecule has 0 N–H and O–H groups in total. The Bertz CT molecular complexity index is 473. The molecule has 1 heterocycles. The van der Waals surface area contributed by atoms with Gasteiger partial charge in [-0.3, -0.25) is 14.5 Å². The lowest BCUT2D eigenvalue weighted by Crippen LogP contribution is -2.32. The average Bonchev–Trinajstić information content (AvgIpc) is 2.75. The van der Waals surface area contributed by atoms with Crippen molar-refractivity contribution in [3.8, 4) is 5.75 Å². The van der Waals surface area contributed by atoms with Crippen LogP contribution in [0.2, 0.25) is 0 Å². The van der Waals surface area contributed by atoms with Gasteiger partial charge in [-0.05, 0) is 40.5 Å². The van der Waals surface area contributed by atoms with E-state index in [-0.39, 0.29) is 11.8 Å². The van der Waals surface area contributed by atoms with Gasteiger partial charge in [-0.25, -0.2) is 0 Å². The highest BCUT2D eigenvalue weighted by Gasteiger charge is 2.28. The molecule has 0 aromatic heterocycles. The van der Waals surface area contributed by atoms with E-state index in [0.29, 0.717) is 28.8 Å². The van der Waals surface area contributed by atoms with E-state index >= 15 is 0 Å². The number of likely N-dealkylation sites (tertiary alicyclic amines) is 1. The summed E-state index contributed by atoms with van der Waals surface area (Å²) in [6.45, 7) is 0.501. The largest absolute Gasteiger partial charge is 0.497 e. The highest BCUT2D eigenvalue weighted by atomic mass is 79.9. The molecule has 17 heavy (non-hydrogen) atoms. The number of hydrogen-bond donors (Lipinski definition) is 0. The monoisotopic (exact) mass is 297 g/mol. The van der Waals surface area contributed by atoms with Crippen molar-refractivity contribution < 1.29 is 14.3 Å². The summed E-state index contributed by atoms with van der Waals surface area (Å²) >= 11 is 3.31. The second-order valence-electron chi connectivity index (χ2n) is 3.80. The van der Waals surface area contributed by atoms with Gasteiger partial charge in [0.25, 0.3) is 5.91 Å². The molecule has 0 aliphatic carbocycles. The van der Waals surface area contributed by atoms with Crippen molar-refractivity contribution in [2.45, 2.75) is 12.8 Å². The molecule has 1 aromatic rings. The molecule has 0 atom stereocenters. The molecule has 0 unspecified atom stereocenters. The van der Waals surface area contributed by atoms with Gasteiger partial charge < -0.3 is 4.74 Å². The number of imide groups is 1. The third kappa shape index (κ3) is 2.34. The maximum Gasteiger partial charge on any atom is 0.261 e. The molecular weight excluding hydrogens is 286 g/mol. The Morgan fingerprint density at radius 1 is 1.47 bits per heavy atom. The molecule has 1 fully saturated rings. The molecule has 1 saturated heterocycles. The van der Waals surface area contributed by atoms with Crippen LogP contribution >= 0.6 is 15.9 Å². The molecule has 5 heteroatoms. The highest BCUT2D eigenvalue weighted by Crippen LogP contribution is 2.25. The summed E-state index contributed by atoms with van der Waals surface area (Å²) in [5.41, 5.74) is 0.458. The highest BCUT2D eigenvalue weighted by molar-refractivity contribution is 9.10. The number of benzene rings is 1. The molecule has 0 bridgehead atoms.